The average molecular weight is 222 g/mol. The third-order valence-electron chi connectivity index (χ3n) is 2.60. The van der Waals surface area contributed by atoms with Crippen LogP contribution >= 0.6 is 0 Å². The van der Waals surface area contributed by atoms with Crippen molar-refractivity contribution in [1.29, 1.82) is 0 Å². The van der Waals surface area contributed by atoms with Crippen LogP contribution in [0.2, 0.25) is 0 Å². The number of hydrogen-bond acceptors (Lipinski definition) is 4. The zero-order valence-corrected chi connectivity index (χ0v) is 9.10. The molecule has 1 aliphatic carbocycles. The Morgan fingerprint density at radius 2 is 2.25 bits per heavy atom. The van der Waals surface area contributed by atoms with Crippen LogP contribution in [-0.4, -0.2) is 24.8 Å². The molecule has 4 heteroatoms. The number of benzene rings is 1. The molecule has 0 aromatic heterocycles. The van der Waals surface area contributed by atoms with E-state index >= 15 is 0 Å². The lowest BCUT2D eigenvalue weighted by atomic mass is 10.1. The molecule has 1 aromatic carbocycles. The molecule has 1 N–H and O–H groups in total. The van der Waals surface area contributed by atoms with Crippen molar-refractivity contribution in [1.82, 2.24) is 0 Å². The van der Waals surface area contributed by atoms with E-state index in [9.17, 15) is 9.90 Å². The predicted molar refractivity (Wildman–Crippen MR) is 57.6 cm³/mol. The summed E-state index contributed by atoms with van der Waals surface area (Å²) >= 11 is 0. The number of carbonyl (C=O) groups is 1. The molecular formula is C12H14O4. The minimum atomic E-state index is -0.416. The highest BCUT2D eigenvalue weighted by Crippen LogP contribution is 2.45. The van der Waals surface area contributed by atoms with Crippen molar-refractivity contribution in [2.75, 3.05) is 13.7 Å². The summed E-state index contributed by atoms with van der Waals surface area (Å²) in [6.07, 6.45) is 2.21. The highest BCUT2D eigenvalue weighted by molar-refractivity contribution is 5.70. The lowest BCUT2D eigenvalue weighted by Crippen LogP contribution is -2.12. The fourth-order valence-electron chi connectivity index (χ4n) is 1.54. The maximum absolute atomic E-state index is 10.9. The zero-order chi connectivity index (χ0) is 11.5. The lowest BCUT2D eigenvalue weighted by molar-refractivity contribution is -0.142. The summed E-state index contributed by atoms with van der Waals surface area (Å²) in [5.41, 5.74) is 0.905. The third kappa shape index (κ3) is 2.45. The maximum atomic E-state index is 10.9. The van der Waals surface area contributed by atoms with E-state index in [0.29, 0.717) is 17.4 Å². The van der Waals surface area contributed by atoms with Gasteiger partial charge in [0.05, 0.1) is 7.11 Å². The fourth-order valence-corrected chi connectivity index (χ4v) is 1.54. The second-order valence-corrected chi connectivity index (χ2v) is 3.86. The number of aromatic hydroxyl groups is 1. The molecule has 0 radical (unpaired) electrons. The van der Waals surface area contributed by atoms with Crippen molar-refractivity contribution in [2.24, 2.45) is 0 Å². The van der Waals surface area contributed by atoms with Gasteiger partial charge in [-0.2, -0.15) is 0 Å². The molecule has 0 spiro atoms. The van der Waals surface area contributed by atoms with Crippen molar-refractivity contribution >= 4 is 5.97 Å². The van der Waals surface area contributed by atoms with Crippen LogP contribution in [0.1, 0.15) is 24.3 Å². The van der Waals surface area contributed by atoms with Gasteiger partial charge in [0.1, 0.15) is 11.5 Å². The third-order valence-corrected chi connectivity index (χ3v) is 2.60. The number of ether oxygens (including phenoxy) is 2. The number of carbonyl (C=O) groups excluding carboxylic acids is 1. The molecular weight excluding hydrogens is 208 g/mol. The van der Waals surface area contributed by atoms with E-state index in [1.807, 2.05) is 0 Å². The van der Waals surface area contributed by atoms with Crippen LogP contribution in [0.3, 0.4) is 0 Å². The van der Waals surface area contributed by atoms with Gasteiger partial charge in [-0.05, 0) is 37.0 Å². The summed E-state index contributed by atoms with van der Waals surface area (Å²) in [5.74, 6) is 0.917. The highest BCUT2D eigenvalue weighted by atomic mass is 16.6. The number of phenolic OH excluding ortho intramolecular Hbond substituents is 1. The van der Waals surface area contributed by atoms with Gasteiger partial charge in [0.25, 0.3) is 0 Å². The number of rotatable bonds is 4. The minimum absolute atomic E-state index is 0.106. The normalized spacial score (nSPS) is 14.6. The van der Waals surface area contributed by atoms with Crippen LogP contribution in [0.25, 0.3) is 0 Å². The number of methoxy groups -OCH3 is 1. The van der Waals surface area contributed by atoms with E-state index in [0.717, 1.165) is 18.4 Å². The Bertz CT molecular complexity index is 396. The molecule has 16 heavy (non-hydrogen) atoms. The van der Waals surface area contributed by atoms with Gasteiger partial charge < -0.3 is 14.6 Å². The second kappa shape index (κ2) is 4.43. The smallest absolute Gasteiger partial charge is 0.343 e. The lowest BCUT2D eigenvalue weighted by Gasteiger charge is -2.08. The summed E-state index contributed by atoms with van der Waals surface area (Å²) in [6, 6.07) is 5.03. The van der Waals surface area contributed by atoms with E-state index in [4.69, 9.17) is 4.74 Å². The summed E-state index contributed by atoms with van der Waals surface area (Å²) in [6.45, 7) is -0.106. The van der Waals surface area contributed by atoms with E-state index < -0.39 is 5.97 Å². The van der Waals surface area contributed by atoms with Gasteiger partial charge in [-0.1, -0.05) is 0 Å². The van der Waals surface area contributed by atoms with Crippen LogP contribution in [0.5, 0.6) is 11.5 Å². The SMILES string of the molecule is COC(=O)COc1ccc(O)c(C2CC2)c1. The van der Waals surface area contributed by atoms with E-state index in [2.05, 4.69) is 4.74 Å². The molecule has 2 rings (SSSR count). The monoisotopic (exact) mass is 222 g/mol. The molecule has 0 unspecified atom stereocenters. The highest BCUT2D eigenvalue weighted by Gasteiger charge is 2.26. The van der Waals surface area contributed by atoms with Gasteiger partial charge in [-0.3, -0.25) is 0 Å². The van der Waals surface area contributed by atoms with Gasteiger partial charge in [0, 0.05) is 5.56 Å². The first-order chi connectivity index (χ1) is 7.70. The molecule has 1 saturated carbocycles. The molecule has 4 nitrogen and oxygen atoms in total. The van der Waals surface area contributed by atoms with Crippen molar-refractivity contribution in [3.8, 4) is 11.5 Å². The summed E-state index contributed by atoms with van der Waals surface area (Å²) in [5, 5.41) is 9.62. The fraction of sp³-hybridized carbons (Fsp3) is 0.417. The standard InChI is InChI=1S/C12H14O4/c1-15-12(14)7-16-9-4-5-11(13)10(6-9)8-2-3-8/h4-6,8,13H,2-3,7H2,1H3. The molecule has 1 fully saturated rings. The summed E-state index contributed by atoms with van der Waals surface area (Å²) in [4.78, 5) is 10.9. The van der Waals surface area contributed by atoms with Crippen LogP contribution in [0, 0.1) is 0 Å². The molecule has 0 bridgehead atoms. The van der Waals surface area contributed by atoms with Crippen LogP contribution in [-0.2, 0) is 9.53 Å². The Labute approximate surface area is 93.8 Å². The number of hydrogen-bond donors (Lipinski definition) is 1. The maximum Gasteiger partial charge on any atom is 0.343 e. The molecule has 0 saturated heterocycles. The summed E-state index contributed by atoms with van der Waals surface area (Å²) in [7, 11) is 1.32. The number of esters is 1. The van der Waals surface area contributed by atoms with Gasteiger partial charge in [-0.15, -0.1) is 0 Å². The summed E-state index contributed by atoms with van der Waals surface area (Å²) < 4.78 is 9.72. The minimum Gasteiger partial charge on any atom is -0.508 e. The molecule has 86 valence electrons. The van der Waals surface area contributed by atoms with Gasteiger partial charge in [0.15, 0.2) is 6.61 Å². The molecule has 0 amide bonds. The van der Waals surface area contributed by atoms with Crippen molar-refractivity contribution < 1.29 is 19.4 Å². The zero-order valence-electron chi connectivity index (χ0n) is 9.10. The second-order valence-electron chi connectivity index (χ2n) is 3.86. The quantitative estimate of drug-likeness (QED) is 0.789. The Balaban J connectivity index is 2.04. The molecule has 1 aromatic rings. The Morgan fingerprint density at radius 1 is 1.50 bits per heavy atom. The van der Waals surface area contributed by atoms with E-state index in [1.165, 1.54) is 7.11 Å². The van der Waals surface area contributed by atoms with Crippen molar-refractivity contribution in [2.45, 2.75) is 18.8 Å². The molecule has 0 atom stereocenters. The largest absolute Gasteiger partial charge is 0.508 e. The average Bonchev–Trinajstić information content (AvgIpc) is 3.11. The van der Waals surface area contributed by atoms with Crippen LogP contribution in [0.15, 0.2) is 18.2 Å². The topological polar surface area (TPSA) is 55.8 Å². The van der Waals surface area contributed by atoms with Gasteiger partial charge in [0.2, 0.25) is 0 Å². The Morgan fingerprint density at radius 3 is 2.88 bits per heavy atom. The van der Waals surface area contributed by atoms with Crippen molar-refractivity contribution in [3.63, 3.8) is 0 Å². The molecule has 1 aliphatic rings. The first kappa shape index (κ1) is 10.8. The Hall–Kier alpha value is -1.71. The first-order valence-electron chi connectivity index (χ1n) is 5.23. The first-order valence-corrected chi connectivity index (χ1v) is 5.23. The van der Waals surface area contributed by atoms with E-state index in [-0.39, 0.29) is 6.61 Å². The van der Waals surface area contributed by atoms with Crippen LogP contribution in [0.4, 0.5) is 0 Å². The predicted octanol–water partition coefficient (Wildman–Crippen LogP) is 1.82. The van der Waals surface area contributed by atoms with Crippen LogP contribution < -0.4 is 4.74 Å². The van der Waals surface area contributed by atoms with E-state index in [1.54, 1.807) is 18.2 Å². The molecule has 0 heterocycles. The van der Waals surface area contributed by atoms with Gasteiger partial charge in [-0.25, -0.2) is 4.79 Å². The molecule has 0 aliphatic heterocycles. The van der Waals surface area contributed by atoms with Crippen molar-refractivity contribution in [3.05, 3.63) is 23.8 Å². The number of phenols is 1. The Kier molecular flexibility index (Phi) is 2.99. The van der Waals surface area contributed by atoms with Gasteiger partial charge >= 0.3 is 5.97 Å².